The predicted octanol–water partition coefficient (Wildman–Crippen LogP) is 2.16. The van der Waals surface area contributed by atoms with Gasteiger partial charge in [-0.25, -0.2) is 0 Å². The van der Waals surface area contributed by atoms with Crippen molar-refractivity contribution in [1.29, 1.82) is 0 Å². The Balaban J connectivity index is 1.72. The smallest absolute Gasteiger partial charge is 0.104 e. The van der Waals surface area contributed by atoms with E-state index in [1.807, 2.05) is 6.21 Å². The zero-order valence-electron chi connectivity index (χ0n) is 13.4. The molecular weight excluding hydrogens is 274 g/mol. The molecule has 4 atom stereocenters. The van der Waals surface area contributed by atoms with Gasteiger partial charge in [0.05, 0.1) is 6.10 Å². The Morgan fingerprint density at radius 1 is 1.18 bits per heavy atom. The van der Waals surface area contributed by atoms with Crippen molar-refractivity contribution in [2.45, 2.75) is 63.1 Å². The molecular formula is C18H29N3O. The topological polar surface area (TPSA) is 56.7 Å². The Labute approximate surface area is 133 Å². The summed E-state index contributed by atoms with van der Waals surface area (Å²) in [5, 5.41) is 17.3. The minimum atomic E-state index is -0.203. The van der Waals surface area contributed by atoms with Crippen molar-refractivity contribution in [2.75, 3.05) is 13.1 Å². The maximum atomic E-state index is 10.2. The third kappa shape index (κ3) is 3.99. The van der Waals surface area contributed by atoms with Gasteiger partial charge in [0.15, 0.2) is 0 Å². The molecule has 0 aromatic carbocycles. The zero-order chi connectivity index (χ0) is 15.2. The summed E-state index contributed by atoms with van der Waals surface area (Å²) in [4.78, 5) is 4.93. The molecule has 2 heterocycles. The van der Waals surface area contributed by atoms with Crippen molar-refractivity contribution >= 4 is 6.21 Å². The van der Waals surface area contributed by atoms with E-state index in [1.165, 1.54) is 31.4 Å². The van der Waals surface area contributed by atoms with Gasteiger partial charge in [-0.05, 0) is 38.3 Å². The summed E-state index contributed by atoms with van der Waals surface area (Å²) in [5.74, 6) is 0.236. The van der Waals surface area contributed by atoms with E-state index in [1.54, 1.807) is 0 Å². The number of aliphatic hydroxyl groups excluding tert-OH is 1. The van der Waals surface area contributed by atoms with Gasteiger partial charge in [0.25, 0.3) is 0 Å². The summed E-state index contributed by atoms with van der Waals surface area (Å²) in [7, 11) is 0. The van der Waals surface area contributed by atoms with Crippen LogP contribution in [0.4, 0.5) is 0 Å². The Hall–Kier alpha value is -1.13. The van der Waals surface area contributed by atoms with Gasteiger partial charge in [-0.2, -0.15) is 0 Å². The van der Waals surface area contributed by atoms with Crippen LogP contribution < -0.4 is 10.6 Å². The molecule has 0 aromatic heterocycles. The summed E-state index contributed by atoms with van der Waals surface area (Å²) in [6, 6.07) is 0.565. The lowest BCUT2D eigenvalue weighted by Gasteiger charge is -2.32. The summed E-state index contributed by atoms with van der Waals surface area (Å²) < 4.78 is 0. The van der Waals surface area contributed by atoms with Gasteiger partial charge in [0.2, 0.25) is 0 Å². The maximum absolute atomic E-state index is 10.2. The number of nitrogens with zero attached hydrogens (tertiary/aromatic N) is 1. The second-order valence-corrected chi connectivity index (χ2v) is 6.75. The van der Waals surface area contributed by atoms with Crippen LogP contribution >= 0.6 is 0 Å². The lowest BCUT2D eigenvalue weighted by atomic mass is 9.87. The van der Waals surface area contributed by atoms with Crippen LogP contribution in [0, 0.1) is 5.92 Å². The van der Waals surface area contributed by atoms with E-state index in [9.17, 15) is 5.11 Å². The fourth-order valence-corrected chi connectivity index (χ4v) is 3.74. The molecule has 1 saturated heterocycles. The van der Waals surface area contributed by atoms with Crippen LogP contribution in [0.2, 0.25) is 0 Å². The molecule has 3 rings (SSSR count). The average Bonchev–Trinajstić information content (AvgIpc) is 2.59. The van der Waals surface area contributed by atoms with Crippen LogP contribution in [0.1, 0.15) is 44.9 Å². The van der Waals surface area contributed by atoms with Crippen molar-refractivity contribution in [3.63, 3.8) is 0 Å². The molecule has 22 heavy (non-hydrogen) atoms. The van der Waals surface area contributed by atoms with Gasteiger partial charge in [0.1, 0.15) is 6.04 Å². The molecule has 0 aromatic rings. The number of hydrogen-bond acceptors (Lipinski definition) is 4. The summed E-state index contributed by atoms with van der Waals surface area (Å²) in [6.07, 6.45) is 16.3. The Morgan fingerprint density at radius 3 is 2.77 bits per heavy atom. The van der Waals surface area contributed by atoms with E-state index in [2.05, 4.69) is 28.9 Å². The van der Waals surface area contributed by atoms with E-state index in [0.29, 0.717) is 6.04 Å². The van der Waals surface area contributed by atoms with Gasteiger partial charge in [-0.15, -0.1) is 0 Å². The van der Waals surface area contributed by atoms with Crippen molar-refractivity contribution < 1.29 is 5.11 Å². The standard InChI is InChI=1S/C18H29N3O/c22-17-10-2-1-7-14(17)13-21-18(15-8-3-5-11-19-15)16-9-4-6-12-20-16/h3,5,8,13-14,16-20,22H,1-2,4,6-7,9-12H2. The van der Waals surface area contributed by atoms with Crippen LogP contribution in [0.3, 0.4) is 0 Å². The fourth-order valence-electron chi connectivity index (χ4n) is 3.74. The lowest BCUT2D eigenvalue weighted by Crippen LogP contribution is -2.46. The molecule has 3 aliphatic rings. The van der Waals surface area contributed by atoms with Crippen LogP contribution in [-0.2, 0) is 0 Å². The zero-order valence-corrected chi connectivity index (χ0v) is 13.4. The molecule has 2 aliphatic heterocycles. The highest BCUT2D eigenvalue weighted by Gasteiger charge is 2.27. The summed E-state index contributed by atoms with van der Waals surface area (Å²) >= 11 is 0. The van der Waals surface area contributed by atoms with Crippen LogP contribution in [0.15, 0.2) is 28.9 Å². The molecule has 122 valence electrons. The number of rotatable bonds is 4. The normalized spacial score (nSPS) is 34.2. The Kier molecular flexibility index (Phi) is 5.68. The second-order valence-electron chi connectivity index (χ2n) is 6.75. The molecule has 0 bridgehead atoms. The predicted molar refractivity (Wildman–Crippen MR) is 91.1 cm³/mol. The number of piperidine rings is 1. The number of aliphatic hydroxyl groups is 1. The molecule has 0 radical (unpaired) electrons. The van der Waals surface area contributed by atoms with Gasteiger partial charge >= 0.3 is 0 Å². The van der Waals surface area contributed by atoms with Gasteiger partial charge < -0.3 is 15.7 Å². The first-order valence-electron chi connectivity index (χ1n) is 8.90. The van der Waals surface area contributed by atoms with E-state index >= 15 is 0 Å². The summed E-state index contributed by atoms with van der Waals surface area (Å²) in [6.45, 7) is 1.97. The average molecular weight is 303 g/mol. The van der Waals surface area contributed by atoms with Crippen molar-refractivity contribution in [3.05, 3.63) is 23.9 Å². The van der Waals surface area contributed by atoms with Gasteiger partial charge in [-0.1, -0.05) is 31.4 Å². The third-order valence-electron chi connectivity index (χ3n) is 5.10. The number of nitrogens with one attached hydrogen (secondary N) is 2. The second kappa shape index (κ2) is 7.93. The number of aliphatic imine (C=N–C) groups is 1. The molecule has 4 heteroatoms. The first-order chi connectivity index (χ1) is 10.8. The first-order valence-corrected chi connectivity index (χ1v) is 8.90. The molecule has 4 unspecified atom stereocenters. The minimum Gasteiger partial charge on any atom is -0.392 e. The van der Waals surface area contributed by atoms with E-state index in [-0.39, 0.29) is 18.1 Å². The third-order valence-corrected chi connectivity index (χ3v) is 5.10. The molecule has 0 amide bonds. The highest BCUT2D eigenvalue weighted by atomic mass is 16.3. The molecule has 2 fully saturated rings. The summed E-state index contributed by atoms with van der Waals surface area (Å²) in [5.41, 5.74) is 1.21. The van der Waals surface area contributed by atoms with E-state index in [0.717, 1.165) is 32.4 Å². The Bertz CT molecular complexity index is 438. The molecule has 3 N–H and O–H groups in total. The van der Waals surface area contributed by atoms with Crippen molar-refractivity contribution in [2.24, 2.45) is 10.9 Å². The first kappa shape index (κ1) is 15.8. The molecule has 4 nitrogen and oxygen atoms in total. The fraction of sp³-hybridized carbons (Fsp3) is 0.722. The highest BCUT2D eigenvalue weighted by Crippen LogP contribution is 2.24. The number of dihydropyridines is 1. The largest absolute Gasteiger partial charge is 0.392 e. The van der Waals surface area contributed by atoms with E-state index in [4.69, 9.17) is 4.99 Å². The van der Waals surface area contributed by atoms with Crippen LogP contribution in [0.25, 0.3) is 0 Å². The lowest BCUT2D eigenvalue weighted by molar-refractivity contribution is 0.103. The maximum Gasteiger partial charge on any atom is 0.104 e. The van der Waals surface area contributed by atoms with Gasteiger partial charge in [0, 0.05) is 30.4 Å². The highest BCUT2D eigenvalue weighted by molar-refractivity contribution is 5.62. The molecule has 1 saturated carbocycles. The van der Waals surface area contributed by atoms with Crippen LogP contribution in [-0.4, -0.2) is 42.6 Å². The SMILES string of the molecule is OC1CCCCC1C=NC(C1=CC=CCN1)C1CCCCN1. The van der Waals surface area contributed by atoms with Crippen LogP contribution in [0.5, 0.6) is 0 Å². The monoisotopic (exact) mass is 303 g/mol. The number of hydrogen-bond donors (Lipinski definition) is 3. The quantitative estimate of drug-likeness (QED) is 0.698. The van der Waals surface area contributed by atoms with Crippen molar-refractivity contribution in [3.8, 4) is 0 Å². The minimum absolute atomic E-state index is 0.152. The molecule has 0 spiro atoms. The Morgan fingerprint density at radius 2 is 2.05 bits per heavy atom. The van der Waals surface area contributed by atoms with Crippen molar-refractivity contribution in [1.82, 2.24) is 10.6 Å². The van der Waals surface area contributed by atoms with Gasteiger partial charge in [-0.3, -0.25) is 4.99 Å². The van der Waals surface area contributed by atoms with E-state index < -0.39 is 0 Å². The molecule has 1 aliphatic carbocycles. The number of allylic oxidation sites excluding steroid dienone is 2.